The van der Waals surface area contributed by atoms with Gasteiger partial charge in [0.2, 0.25) is 0 Å². The van der Waals surface area contributed by atoms with E-state index in [0.717, 1.165) is 18.3 Å². The second kappa shape index (κ2) is 17.0. The molecule has 0 heterocycles. The van der Waals surface area contributed by atoms with Gasteiger partial charge in [0, 0.05) is 10.2 Å². The zero-order valence-electron chi connectivity index (χ0n) is 17.7. The average Bonchev–Trinajstić information content (AvgIpc) is 2.61. The van der Waals surface area contributed by atoms with E-state index in [1.165, 1.54) is 34.3 Å². The second-order valence-electron chi connectivity index (χ2n) is 7.70. The van der Waals surface area contributed by atoms with Gasteiger partial charge in [0.15, 0.2) is 0 Å². The van der Waals surface area contributed by atoms with Crippen LogP contribution < -0.4 is 10.4 Å². The van der Waals surface area contributed by atoms with E-state index in [-0.39, 0.29) is 9.52 Å². The van der Waals surface area contributed by atoms with Crippen LogP contribution in [0.1, 0.15) is 47.0 Å². The van der Waals surface area contributed by atoms with Gasteiger partial charge in [-0.15, -0.1) is 6.58 Å². The number of rotatable bonds is 7. The highest BCUT2D eigenvalue weighted by molar-refractivity contribution is 6.53. The van der Waals surface area contributed by atoms with Crippen molar-refractivity contribution in [3.05, 3.63) is 73.3 Å². The van der Waals surface area contributed by atoms with Crippen LogP contribution in [0.5, 0.6) is 0 Å². The first-order valence-corrected chi connectivity index (χ1v) is 12.8. The Hall–Kier alpha value is -1.39. The summed E-state index contributed by atoms with van der Waals surface area (Å²) in [4.78, 5) is 0. The van der Waals surface area contributed by atoms with Crippen molar-refractivity contribution >= 4 is 30.1 Å². The molecule has 0 nitrogen and oxygen atoms in total. The van der Waals surface area contributed by atoms with Crippen LogP contribution in [0.2, 0.25) is 6.04 Å². The van der Waals surface area contributed by atoms with Crippen LogP contribution in [-0.2, 0) is 0 Å². The van der Waals surface area contributed by atoms with Crippen LogP contribution in [0.25, 0.3) is 0 Å². The molecule has 0 aliphatic rings. The molecule has 0 bridgehead atoms. The van der Waals surface area contributed by atoms with E-state index in [1.54, 1.807) is 5.19 Å². The fourth-order valence-corrected chi connectivity index (χ4v) is 4.33. The van der Waals surface area contributed by atoms with Crippen LogP contribution in [0.3, 0.4) is 0 Å². The Labute approximate surface area is 168 Å². The van der Waals surface area contributed by atoms with Crippen LogP contribution in [0.4, 0.5) is 0 Å². The maximum Gasteiger partial charge on any atom is 0.0547 e. The van der Waals surface area contributed by atoms with Gasteiger partial charge in [-0.3, -0.25) is 0 Å². The molecule has 26 heavy (non-hydrogen) atoms. The number of hydrogen-bond acceptors (Lipinski definition) is 0. The Morgan fingerprint density at radius 1 is 0.885 bits per heavy atom. The summed E-state index contributed by atoms with van der Waals surface area (Å²) < 4.78 is 0. The van der Waals surface area contributed by atoms with Gasteiger partial charge in [-0.2, -0.15) is 0 Å². The fraction of sp³-hybridized carbons (Fsp3) is 0.417. The Balaban J connectivity index is 0.000000405. The molecule has 2 aromatic carbocycles. The molecular formula is C24H40Si2. The van der Waals surface area contributed by atoms with Crippen molar-refractivity contribution < 1.29 is 0 Å². The largest absolute Gasteiger partial charge is 0.103 e. The molecule has 0 saturated carbocycles. The van der Waals surface area contributed by atoms with Crippen LogP contribution in [0.15, 0.2) is 73.3 Å². The molecule has 0 fully saturated rings. The van der Waals surface area contributed by atoms with Gasteiger partial charge in [-0.25, -0.2) is 0 Å². The lowest BCUT2D eigenvalue weighted by Gasteiger charge is -2.03. The fourth-order valence-electron chi connectivity index (χ4n) is 2.39. The van der Waals surface area contributed by atoms with E-state index in [2.05, 4.69) is 88.9 Å². The van der Waals surface area contributed by atoms with Crippen molar-refractivity contribution in [3.8, 4) is 0 Å². The highest BCUT2D eigenvalue weighted by Gasteiger charge is 1.95. The van der Waals surface area contributed by atoms with E-state index >= 15 is 0 Å². The molecule has 0 amide bonds. The minimum absolute atomic E-state index is 0.0456. The molecule has 2 heteroatoms. The Kier molecular flexibility index (Phi) is 16.1. The summed E-state index contributed by atoms with van der Waals surface area (Å²) in [6, 6.07) is 22.9. The summed E-state index contributed by atoms with van der Waals surface area (Å²) in [5.41, 5.74) is 0. The lowest BCUT2D eigenvalue weighted by atomic mass is 10.1. The van der Waals surface area contributed by atoms with Crippen molar-refractivity contribution in [1.29, 1.82) is 0 Å². The number of hydrogen-bond donors (Lipinski definition) is 0. The molecule has 2 rings (SSSR count). The normalized spacial score (nSPS) is 10.4. The molecule has 0 aliphatic carbocycles. The highest BCUT2D eigenvalue weighted by Crippen LogP contribution is 2.05. The summed E-state index contributed by atoms with van der Waals surface area (Å²) in [6.07, 6.45) is 5.92. The summed E-state index contributed by atoms with van der Waals surface area (Å²) in [5.74, 6) is 1.66. The molecule has 0 unspecified atom stereocenters. The third-order valence-electron chi connectivity index (χ3n) is 3.92. The lowest BCUT2D eigenvalue weighted by Crippen LogP contribution is -2.12. The Morgan fingerprint density at radius 2 is 1.42 bits per heavy atom. The van der Waals surface area contributed by atoms with Crippen molar-refractivity contribution in [2.75, 3.05) is 0 Å². The van der Waals surface area contributed by atoms with E-state index in [9.17, 15) is 0 Å². The van der Waals surface area contributed by atoms with Gasteiger partial charge in [0.1, 0.15) is 0 Å². The zero-order chi connectivity index (χ0) is 19.6. The van der Waals surface area contributed by atoms with E-state index in [0.29, 0.717) is 0 Å². The second-order valence-corrected chi connectivity index (χ2v) is 10.9. The summed E-state index contributed by atoms with van der Waals surface area (Å²) in [5, 5.41) is 3.08. The summed E-state index contributed by atoms with van der Waals surface area (Å²) in [6.45, 7) is 12.6. The Bertz CT molecular complexity index is 533. The maximum absolute atomic E-state index is 3.60. The standard InChI is InChI=1S/C12H20Si.C6H8Si.C6H12/c1-11(2)7-6-10-13-12-8-4-3-5-9-12;7-6-4-2-1-3-5-6;1-4-5-6(2)3/h3-5,8-9,11H,6-7,10,13H2,1-2H3;1-5H,7H3;4,6H,1,5H2,2-3H3. The molecule has 144 valence electrons. The predicted molar refractivity (Wildman–Crippen MR) is 129 cm³/mol. The van der Waals surface area contributed by atoms with Crippen molar-refractivity contribution in [2.45, 2.75) is 53.0 Å². The molecule has 0 radical (unpaired) electrons. The maximum atomic E-state index is 3.60. The summed E-state index contributed by atoms with van der Waals surface area (Å²) in [7, 11) is 1.22. The zero-order valence-corrected chi connectivity index (χ0v) is 21.2. The van der Waals surface area contributed by atoms with Crippen LogP contribution in [0, 0.1) is 11.8 Å². The SMILES string of the molecule is C=CCC(C)C.CC(C)CCC[SiH2]c1ccccc1.[SiH3]c1ccccc1. The molecule has 0 spiro atoms. The van der Waals surface area contributed by atoms with E-state index < -0.39 is 0 Å². The number of benzene rings is 2. The van der Waals surface area contributed by atoms with Gasteiger partial charge in [0.05, 0.1) is 9.52 Å². The lowest BCUT2D eigenvalue weighted by molar-refractivity contribution is 0.575. The molecule has 0 aliphatic heterocycles. The minimum atomic E-state index is 0.0456. The van der Waals surface area contributed by atoms with Gasteiger partial charge >= 0.3 is 0 Å². The molecule has 0 saturated heterocycles. The molecule has 0 aromatic heterocycles. The molecule has 0 atom stereocenters. The average molecular weight is 385 g/mol. The van der Waals surface area contributed by atoms with Crippen molar-refractivity contribution in [1.82, 2.24) is 0 Å². The minimum Gasteiger partial charge on any atom is -0.103 e. The van der Waals surface area contributed by atoms with E-state index in [4.69, 9.17) is 0 Å². The molecular weight excluding hydrogens is 344 g/mol. The first kappa shape index (κ1) is 24.6. The molecule has 2 aromatic rings. The topological polar surface area (TPSA) is 0 Å². The van der Waals surface area contributed by atoms with Gasteiger partial charge in [0.25, 0.3) is 0 Å². The first-order chi connectivity index (χ1) is 12.5. The third-order valence-corrected chi connectivity index (χ3v) is 6.49. The van der Waals surface area contributed by atoms with Gasteiger partial charge in [-0.05, 0) is 18.3 Å². The Morgan fingerprint density at radius 3 is 1.77 bits per heavy atom. The smallest absolute Gasteiger partial charge is 0.0547 e. The summed E-state index contributed by atoms with van der Waals surface area (Å²) >= 11 is 0. The van der Waals surface area contributed by atoms with Crippen molar-refractivity contribution in [2.24, 2.45) is 11.8 Å². The van der Waals surface area contributed by atoms with Crippen LogP contribution in [-0.4, -0.2) is 19.8 Å². The highest BCUT2D eigenvalue weighted by atomic mass is 28.2. The predicted octanol–water partition coefficient (Wildman–Crippen LogP) is 4.23. The van der Waals surface area contributed by atoms with Gasteiger partial charge < -0.3 is 0 Å². The monoisotopic (exact) mass is 384 g/mol. The van der Waals surface area contributed by atoms with Crippen molar-refractivity contribution in [3.63, 3.8) is 0 Å². The third kappa shape index (κ3) is 17.4. The molecule has 0 N–H and O–H groups in total. The van der Waals surface area contributed by atoms with E-state index in [1.807, 2.05) is 12.1 Å². The van der Waals surface area contributed by atoms with Gasteiger partial charge in [-0.1, -0.05) is 124 Å². The quantitative estimate of drug-likeness (QED) is 0.381. The first-order valence-electron chi connectivity index (χ1n) is 10.1. The number of allylic oxidation sites excluding steroid dienone is 1. The van der Waals surface area contributed by atoms with Crippen LogP contribution >= 0.6 is 0 Å².